The van der Waals surface area contributed by atoms with E-state index in [0.29, 0.717) is 17.7 Å². The highest BCUT2D eigenvalue weighted by Gasteiger charge is 2.22. The van der Waals surface area contributed by atoms with Crippen LogP contribution < -0.4 is 0 Å². The summed E-state index contributed by atoms with van der Waals surface area (Å²) in [6.07, 6.45) is 0. The molecule has 1 N–H and O–H groups in total. The van der Waals surface area contributed by atoms with Gasteiger partial charge in [0.2, 0.25) is 0 Å². The maximum absolute atomic E-state index is 12.8. The summed E-state index contributed by atoms with van der Waals surface area (Å²) in [5.41, 5.74) is 5.63. The van der Waals surface area contributed by atoms with E-state index in [1.165, 1.54) is 0 Å². The maximum atomic E-state index is 12.8. The van der Waals surface area contributed by atoms with Crippen molar-refractivity contribution in [3.63, 3.8) is 0 Å². The Morgan fingerprint density at radius 3 is 1.77 bits per heavy atom. The fourth-order valence-electron chi connectivity index (χ4n) is 3.59. The molecule has 0 bridgehead atoms. The van der Waals surface area contributed by atoms with Crippen molar-refractivity contribution in [1.82, 2.24) is 0 Å². The number of benzene rings is 3. The molecule has 3 rings (SSSR count). The van der Waals surface area contributed by atoms with Crippen LogP contribution in [0.4, 0.5) is 0 Å². The Labute approximate surface area is 177 Å². The number of carbonyl (C=O) groups excluding carboxylic acids is 1. The van der Waals surface area contributed by atoms with Crippen molar-refractivity contribution < 1.29 is 19.4 Å². The number of esters is 1. The fourth-order valence-corrected chi connectivity index (χ4v) is 3.59. The number of carboxylic acids is 1. The number of hydrogen-bond donors (Lipinski definition) is 1. The summed E-state index contributed by atoms with van der Waals surface area (Å²) in [5.74, 6) is -1.13. The maximum Gasteiger partial charge on any atom is 0.338 e. The van der Waals surface area contributed by atoms with E-state index in [0.717, 1.165) is 27.8 Å². The normalized spacial score (nSPS) is 10.8. The van der Waals surface area contributed by atoms with Crippen LogP contribution in [-0.4, -0.2) is 23.7 Å². The van der Waals surface area contributed by atoms with Crippen molar-refractivity contribution in [2.75, 3.05) is 6.61 Å². The molecule has 0 radical (unpaired) electrons. The van der Waals surface area contributed by atoms with Crippen LogP contribution >= 0.6 is 0 Å². The van der Waals surface area contributed by atoms with Crippen molar-refractivity contribution in [2.45, 2.75) is 27.7 Å². The lowest BCUT2D eigenvalue weighted by atomic mass is 9.84. The Morgan fingerprint density at radius 2 is 1.27 bits per heavy atom. The molecule has 3 aromatic rings. The van der Waals surface area contributed by atoms with Gasteiger partial charge in [-0.3, -0.25) is 0 Å². The van der Waals surface area contributed by atoms with Gasteiger partial charge >= 0.3 is 11.9 Å². The first-order valence-corrected chi connectivity index (χ1v) is 10.0. The molecule has 30 heavy (non-hydrogen) atoms. The molecular weight excluding hydrogens is 376 g/mol. The summed E-state index contributed by atoms with van der Waals surface area (Å²) in [6, 6.07) is 18.3. The minimum absolute atomic E-state index is 0.229. The molecule has 0 saturated heterocycles. The van der Waals surface area contributed by atoms with Crippen molar-refractivity contribution >= 4 is 11.9 Å². The summed E-state index contributed by atoms with van der Waals surface area (Å²) >= 11 is 0. The molecule has 154 valence electrons. The molecule has 0 atom stereocenters. The van der Waals surface area contributed by atoms with E-state index in [1.807, 2.05) is 70.2 Å². The highest BCUT2D eigenvalue weighted by Crippen LogP contribution is 2.40. The molecule has 0 aliphatic heterocycles. The molecule has 0 unspecified atom stereocenters. The summed E-state index contributed by atoms with van der Waals surface area (Å²) in [5, 5.41) is 9.74. The molecule has 0 aliphatic rings. The van der Waals surface area contributed by atoms with Gasteiger partial charge < -0.3 is 9.84 Å². The molecule has 0 aliphatic carbocycles. The van der Waals surface area contributed by atoms with E-state index in [4.69, 9.17) is 4.74 Å². The fraction of sp³-hybridized carbons (Fsp3) is 0.231. The largest absolute Gasteiger partial charge is 0.478 e. The third kappa shape index (κ3) is 4.28. The molecule has 0 amide bonds. The predicted octanol–water partition coefficient (Wildman–Crippen LogP) is 6.15. The van der Waals surface area contributed by atoms with Crippen molar-refractivity contribution in [3.05, 3.63) is 82.9 Å². The van der Waals surface area contributed by atoms with Crippen LogP contribution in [0.2, 0.25) is 0 Å². The topological polar surface area (TPSA) is 63.6 Å². The number of aryl methyl sites for hydroxylation is 2. The Bertz CT molecular complexity index is 1100. The van der Waals surface area contributed by atoms with Crippen LogP contribution in [0.15, 0.2) is 60.7 Å². The molecule has 0 heterocycles. The summed E-state index contributed by atoms with van der Waals surface area (Å²) < 4.78 is 5.50. The highest BCUT2D eigenvalue weighted by atomic mass is 16.5. The zero-order valence-electron chi connectivity index (χ0n) is 17.7. The summed E-state index contributed by atoms with van der Waals surface area (Å²) in [6.45, 7) is 8.25. The lowest BCUT2D eigenvalue weighted by molar-refractivity contribution is 0.0459. The molecule has 3 aromatic carbocycles. The minimum Gasteiger partial charge on any atom is -0.478 e. The van der Waals surface area contributed by atoms with Gasteiger partial charge in [0.05, 0.1) is 17.7 Å². The van der Waals surface area contributed by atoms with Gasteiger partial charge in [-0.15, -0.1) is 0 Å². The van der Waals surface area contributed by atoms with Gasteiger partial charge in [0.15, 0.2) is 0 Å². The Balaban J connectivity index is 2.27. The van der Waals surface area contributed by atoms with E-state index in [-0.39, 0.29) is 17.5 Å². The summed E-state index contributed by atoms with van der Waals surface area (Å²) in [7, 11) is 0. The lowest BCUT2D eigenvalue weighted by Gasteiger charge is -2.20. The van der Waals surface area contributed by atoms with E-state index in [2.05, 4.69) is 0 Å². The second-order valence-electron chi connectivity index (χ2n) is 7.84. The van der Waals surface area contributed by atoms with Crippen molar-refractivity contribution in [1.29, 1.82) is 0 Å². The third-order valence-electron chi connectivity index (χ3n) is 5.01. The minimum atomic E-state index is -0.984. The highest BCUT2D eigenvalue weighted by molar-refractivity contribution is 6.04. The molecule has 4 heteroatoms. The van der Waals surface area contributed by atoms with Crippen LogP contribution in [0, 0.1) is 19.8 Å². The Morgan fingerprint density at radius 1 is 0.800 bits per heavy atom. The first-order chi connectivity index (χ1) is 14.3. The number of ether oxygens (including phenoxy) is 1. The molecule has 0 aromatic heterocycles. The second kappa shape index (κ2) is 8.95. The summed E-state index contributed by atoms with van der Waals surface area (Å²) in [4.78, 5) is 24.7. The lowest BCUT2D eigenvalue weighted by Crippen LogP contribution is -2.12. The van der Waals surface area contributed by atoms with Gasteiger partial charge in [0, 0.05) is 0 Å². The average molecular weight is 402 g/mol. The molecule has 0 saturated carbocycles. The Kier molecular flexibility index (Phi) is 6.36. The van der Waals surface area contributed by atoms with Gasteiger partial charge in [0.1, 0.15) is 0 Å². The number of rotatable bonds is 6. The number of carboxylic acid groups (broad SMARTS) is 1. The first-order valence-electron chi connectivity index (χ1n) is 10.0. The average Bonchev–Trinajstić information content (AvgIpc) is 2.73. The smallest absolute Gasteiger partial charge is 0.338 e. The molecule has 0 fully saturated rings. The Hall–Kier alpha value is -3.40. The molecular formula is C26H26O4. The van der Waals surface area contributed by atoms with E-state index in [9.17, 15) is 14.7 Å². The van der Waals surface area contributed by atoms with Crippen LogP contribution in [-0.2, 0) is 4.74 Å². The van der Waals surface area contributed by atoms with Gasteiger partial charge in [0.25, 0.3) is 0 Å². The van der Waals surface area contributed by atoms with E-state index < -0.39 is 5.97 Å². The number of hydrogen-bond acceptors (Lipinski definition) is 3. The van der Waals surface area contributed by atoms with Gasteiger partial charge in [-0.2, -0.15) is 0 Å². The SMILES string of the molecule is Cc1ccc(C)c(-c2ccccc2C(=O)OCC(C)C)c1-c1ccccc1C(=O)O. The third-order valence-corrected chi connectivity index (χ3v) is 5.01. The van der Waals surface area contributed by atoms with Crippen LogP contribution in [0.5, 0.6) is 0 Å². The van der Waals surface area contributed by atoms with Crippen LogP contribution in [0.1, 0.15) is 45.7 Å². The zero-order chi connectivity index (χ0) is 21.8. The number of aromatic carboxylic acids is 1. The quantitative estimate of drug-likeness (QED) is 0.502. The first kappa shape index (κ1) is 21.3. The van der Waals surface area contributed by atoms with Gasteiger partial charge in [-0.1, -0.05) is 62.4 Å². The molecule has 0 spiro atoms. The zero-order valence-corrected chi connectivity index (χ0v) is 17.7. The van der Waals surface area contributed by atoms with Gasteiger partial charge in [-0.05, 0) is 65.3 Å². The van der Waals surface area contributed by atoms with E-state index in [1.54, 1.807) is 18.2 Å². The van der Waals surface area contributed by atoms with Crippen LogP contribution in [0.25, 0.3) is 22.3 Å². The number of carbonyl (C=O) groups is 2. The second-order valence-corrected chi connectivity index (χ2v) is 7.84. The standard InChI is InChI=1S/C26H26O4/c1-16(2)15-30-26(29)22-12-8-6-10-20(22)24-18(4)14-13-17(3)23(24)19-9-5-7-11-21(19)25(27)28/h5-14,16H,15H2,1-4H3,(H,27,28). The monoisotopic (exact) mass is 402 g/mol. The van der Waals surface area contributed by atoms with E-state index >= 15 is 0 Å². The van der Waals surface area contributed by atoms with Crippen molar-refractivity contribution in [3.8, 4) is 22.3 Å². The van der Waals surface area contributed by atoms with Crippen molar-refractivity contribution in [2.24, 2.45) is 5.92 Å². The molecule has 4 nitrogen and oxygen atoms in total. The predicted molar refractivity (Wildman–Crippen MR) is 119 cm³/mol. The van der Waals surface area contributed by atoms with Crippen LogP contribution in [0.3, 0.4) is 0 Å². The van der Waals surface area contributed by atoms with Gasteiger partial charge in [-0.25, -0.2) is 9.59 Å².